The fourth-order valence-corrected chi connectivity index (χ4v) is 6.20. The van der Waals surface area contributed by atoms with Crippen LogP contribution in [0.15, 0.2) is 96.2 Å². The highest BCUT2D eigenvalue weighted by Crippen LogP contribution is 2.17. The number of para-hydroxylation sites is 4. The van der Waals surface area contributed by atoms with Gasteiger partial charge in [-0.2, -0.15) is 0 Å². The molecule has 0 N–H and O–H groups in total. The summed E-state index contributed by atoms with van der Waals surface area (Å²) in [5, 5.41) is 4.31. The average Bonchev–Trinajstić information content (AvgIpc) is 3.67. The minimum atomic E-state index is 0.935. The molecule has 2 aromatic carbocycles. The zero-order chi connectivity index (χ0) is 22.7. The van der Waals surface area contributed by atoms with Crippen LogP contribution in [0.2, 0.25) is 0 Å². The number of thiophene rings is 2. The van der Waals surface area contributed by atoms with Crippen molar-refractivity contribution in [1.82, 2.24) is 9.13 Å². The summed E-state index contributed by atoms with van der Waals surface area (Å²) in [7, 11) is 0. The molecule has 170 valence electrons. The third kappa shape index (κ3) is 4.31. The highest BCUT2D eigenvalue weighted by atomic mass is 32.1. The molecule has 34 heavy (non-hydrogen) atoms. The van der Waals surface area contributed by atoms with E-state index in [2.05, 4.69) is 114 Å². The predicted octanol–water partition coefficient (Wildman–Crippen LogP) is 5.87. The maximum atomic E-state index is 2.42. The van der Waals surface area contributed by atoms with Crippen molar-refractivity contribution in [2.75, 3.05) is 0 Å². The summed E-state index contributed by atoms with van der Waals surface area (Å²) < 4.78 is 9.61. The summed E-state index contributed by atoms with van der Waals surface area (Å²) in [5.74, 6) is 0. The van der Waals surface area contributed by atoms with E-state index in [-0.39, 0.29) is 0 Å². The van der Waals surface area contributed by atoms with Crippen molar-refractivity contribution in [2.45, 2.75) is 39.0 Å². The van der Waals surface area contributed by atoms with Crippen molar-refractivity contribution in [3.8, 4) is 0 Å². The second kappa shape index (κ2) is 9.57. The molecule has 4 aromatic heterocycles. The van der Waals surface area contributed by atoms with Gasteiger partial charge in [-0.1, -0.05) is 36.4 Å². The lowest BCUT2D eigenvalue weighted by Gasteiger charge is -1.99. The molecule has 0 saturated carbocycles. The number of hydrogen-bond acceptors (Lipinski definition) is 2. The van der Waals surface area contributed by atoms with Crippen LogP contribution in [0.4, 0.5) is 0 Å². The van der Waals surface area contributed by atoms with Crippen molar-refractivity contribution in [1.29, 1.82) is 0 Å². The van der Waals surface area contributed by atoms with E-state index in [0.717, 1.165) is 39.0 Å². The number of imidazole rings is 2. The Kier molecular flexibility index (Phi) is 6.00. The fourth-order valence-electron chi connectivity index (χ4n) is 4.80. The number of fused-ring (bicyclic) bond motifs is 2. The topological polar surface area (TPSA) is 17.6 Å². The van der Waals surface area contributed by atoms with E-state index < -0.39 is 0 Å². The fraction of sp³-hybridized carbons (Fsp3) is 0.214. The zero-order valence-electron chi connectivity index (χ0n) is 19.1. The highest BCUT2D eigenvalue weighted by molar-refractivity contribution is 7.10. The van der Waals surface area contributed by atoms with E-state index in [1.54, 1.807) is 0 Å². The van der Waals surface area contributed by atoms with Crippen LogP contribution >= 0.6 is 22.7 Å². The number of hydrogen-bond donors (Lipinski definition) is 0. The van der Waals surface area contributed by atoms with E-state index in [9.17, 15) is 0 Å². The Morgan fingerprint density at radius 3 is 1.47 bits per heavy atom. The molecular weight excluding hydrogens is 456 g/mol. The Hall–Kier alpha value is -3.22. The molecule has 0 aliphatic heterocycles. The van der Waals surface area contributed by atoms with Gasteiger partial charge in [-0.05, 0) is 60.0 Å². The Morgan fingerprint density at radius 2 is 1.03 bits per heavy atom. The van der Waals surface area contributed by atoms with Crippen molar-refractivity contribution >= 4 is 44.7 Å². The van der Waals surface area contributed by atoms with Gasteiger partial charge in [0.25, 0.3) is 0 Å². The van der Waals surface area contributed by atoms with E-state index in [1.807, 2.05) is 22.7 Å². The molecule has 0 aliphatic carbocycles. The first-order chi connectivity index (χ1) is 16.8. The number of rotatable bonds is 9. The van der Waals surface area contributed by atoms with Crippen LogP contribution in [-0.4, -0.2) is 9.13 Å². The van der Waals surface area contributed by atoms with Crippen molar-refractivity contribution in [2.24, 2.45) is 0 Å². The Balaban J connectivity index is 1.16. The van der Waals surface area contributed by atoms with Crippen LogP contribution in [0.5, 0.6) is 0 Å². The van der Waals surface area contributed by atoms with E-state index >= 15 is 0 Å². The molecule has 6 aromatic rings. The minimum Gasteiger partial charge on any atom is -0.230 e. The second-order valence-corrected chi connectivity index (χ2v) is 10.8. The van der Waals surface area contributed by atoms with Crippen LogP contribution in [0.25, 0.3) is 22.1 Å². The van der Waals surface area contributed by atoms with Gasteiger partial charge in [0.05, 0.1) is 13.1 Å². The molecule has 0 unspecified atom stereocenters. The average molecular weight is 485 g/mol. The predicted molar refractivity (Wildman–Crippen MR) is 140 cm³/mol. The van der Waals surface area contributed by atoms with Crippen molar-refractivity contribution < 1.29 is 9.13 Å². The van der Waals surface area contributed by atoms with Crippen LogP contribution < -0.4 is 9.13 Å². The molecule has 0 spiro atoms. The zero-order valence-corrected chi connectivity index (χ0v) is 20.7. The third-order valence-electron chi connectivity index (χ3n) is 6.42. The molecule has 0 aliphatic rings. The van der Waals surface area contributed by atoms with Gasteiger partial charge in [-0.25, -0.2) is 18.3 Å². The lowest BCUT2D eigenvalue weighted by molar-refractivity contribution is -0.662. The van der Waals surface area contributed by atoms with E-state index in [4.69, 9.17) is 0 Å². The molecular formula is C28H28N4S2+2. The van der Waals surface area contributed by atoms with Gasteiger partial charge >= 0.3 is 0 Å². The first-order valence-corrected chi connectivity index (χ1v) is 13.6. The van der Waals surface area contributed by atoms with E-state index in [0.29, 0.717) is 0 Å². The lowest BCUT2D eigenvalue weighted by Crippen LogP contribution is -2.32. The van der Waals surface area contributed by atoms with Gasteiger partial charge < -0.3 is 0 Å². The molecule has 0 fully saturated rings. The van der Waals surface area contributed by atoms with Gasteiger partial charge in [0.2, 0.25) is 12.7 Å². The lowest BCUT2D eigenvalue weighted by atomic mass is 10.2. The quantitative estimate of drug-likeness (QED) is 0.180. The van der Waals surface area contributed by atoms with Crippen molar-refractivity contribution in [3.63, 3.8) is 0 Å². The van der Waals surface area contributed by atoms with Crippen molar-refractivity contribution in [3.05, 3.63) is 106 Å². The summed E-state index contributed by atoms with van der Waals surface area (Å²) in [6.07, 6.45) is 6.89. The smallest absolute Gasteiger partial charge is 0.230 e. The van der Waals surface area contributed by atoms with Gasteiger partial charge in [0.15, 0.2) is 22.1 Å². The molecule has 0 atom stereocenters. The first-order valence-electron chi connectivity index (χ1n) is 11.8. The molecule has 4 nitrogen and oxygen atoms in total. The summed E-state index contributed by atoms with van der Waals surface area (Å²) in [6, 6.07) is 26.2. The maximum Gasteiger partial charge on any atom is 0.245 e. The maximum absolute atomic E-state index is 2.42. The summed E-state index contributed by atoms with van der Waals surface area (Å²) in [5.41, 5.74) is 5.25. The van der Waals surface area contributed by atoms with Gasteiger partial charge in [0.1, 0.15) is 13.1 Å². The number of benzene rings is 2. The van der Waals surface area contributed by atoms with Gasteiger partial charge in [-0.3, -0.25) is 0 Å². The Bertz CT molecular complexity index is 1390. The third-order valence-corrected chi connectivity index (χ3v) is 8.14. The summed E-state index contributed by atoms with van der Waals surface area (Å²) in [6.45, 7) is 3.94. The number of aromatic nitrogens is 4. The SMILES string of the molecule is c1csc(C[n+]2cn(CCCCn3c[n+](Cc4cccs4)c4ccccc43)c3ccccc32)c1. The first kappa shape index (κ1) is 21.3. The molecule has 0 amide bonds. The van der Waals surface area contributed by atoms with Crippen LogP contribution in [0.3, 0.4) is 0 Å². The summed E-state index contributed by atoms with van der Waals surface area (Å²) in [4.78, 5) is 2.78. The van der Waals surface area contributed by atoms with Gasteiger partial charge in [-0.15, -0.1) is 22.7 Å². The number of nitrogens with zero attached hydrogens (tertiary/aromatic N) is 4. The highest BCUT2D eigenvalue weighted by Gasteiger charge is 2.17. The van der Waals surface area contributed by atoms with Crippen LogP contribution in [0.1, 0.15) is 22.6 Å². The minimum absolute atomic E-state index is 0.935. The number of aryl methyl sites for hydroxylation is 2. The Labute approximate surface area is 207 Å². The number of unbranched alkanes of at least 4 members (excludes halogenated alkanes) is 1. The van der Waals surface area contributed by atoms with E-state index in [1.165, 1.54) is 31.8 Å². The van der Waals surface area contributed by atoms with Crippen LogP contribution in [0, 0.1) is 0 Å². The molecule has 0 radical (unpaired) electrons. The molecule has 6 heteroatoms. The Morgan fingerprint density at radius 1 is 0.559 bits per heavy atom. The summed E-state index contributed by atoms with van der Waals surface area (Å²) >= 11 is 3.65. The van der Waals surface area contributed by atoms with Crippen LogP contribution in [-0.2, 0) is 26.2 Å². The molecule has 6 rings (SSSR count). The standard InChI is InChI=1S/C28H28N4S2/c1-3-13-27-25(11-1)29(21-31(27)19-23-9-7-17-33-23)15-5-6-16-30-22-32(20-24-10-8-18-34-24)28-14-4-2-12-26(28)30/h1-4,7-14,17-18,21-22H,5-6,15-16,19-20H2/q+2. The molecule has 4 heterocycles. The molecule has 0 saturated heterocycles. The van der Waals surface area contributed by atoms with Gasteiger partial charge in [0, 0.05) is 9.75 Å². The molecule has 0 bridgehead atoms. The largest absolute Gasteiger partial charge is 0.245 e. The monoisotopic (exact) mass is 484 g/mol. The normalized spacial score (nSPS) is 11.6. The second-order valence-electron chi connectivity index (χ2n) is 8.72.